The van der Waals surface area contributed by atoms with Crippen molar-refractivity contribution in [2.24, 2.45) is 0 Å². The number of para-hydroxylation sites is 3. The Bertz CT molecular complexity index is 4580. The van der Waals surface area contributed by atoms with Gasteiger partial charge < -0.3 is 17.1 Å². The Morgan fingerprint density at radius 2 is 0.878 bits per heavy atom. The van der Waals surface area contributed by atoms with E-state index in [2.05, 4.69) is 314 Å². The van der Waals surface area contributed by atoms with Crippen molar-refractivity contribution in [1.82, 2.24) is 14.1 Å². The Labute approximate surface area is 484 Å². The van der Waals surface area contributed by atoms with Crippen molar-refractivity contribution in [3.05, 3.63) is 297 Å². The normalized spacial score (nSPS) is 11.5. The summed E-state index contributed by atoms with van der Waals surface area (Å²) in [5, 5.41) is 2.31. The number of halogens is 1. The number of imidazole rings is 1. The van der Waals surface area contributed by atoms with Crippen LogP contribution >= 0.6 is 0 Å². The number of benzene rings is 11. The molecule has 11 aromatic carbocycles. The van der Waals surface area contributed by atoms with Crippen LogP contribution in [0.4, 0.5) is 0 Å². The fourth-order valence-electron chi connectivity index (χ4n) is 11.6. The molecule has 394 valence electrons. The van der Waals surface area contributed by atoms with Gasteiger partial charge in [0.1, 0.15) is 28.7 Å². The molecular formula is C76H57ClN4O. The zero-order valence-corrected chi connectivity index (χ0v) is 46.5. The number of nitrogens with zero attached hydrogens (tertiary/aromatic N) is 4. The van der Waals surface area contributed by atoms with Gasteiger partial charge in [0, 0.05) is 40.2 Å². The van der Waals surface area contributed by atoms with Crippen LogP contribution in [-0.4, -0.2) is 14.1 Å². The minimum atomic E-state index is -0.0345. The average Bonchev–Trinajstić information content (AvgIpc) is 4.29. The van der Waals surface area contributed by atoms with Crippen LogP contribution in [0.15, 0.2) is 292 Å². The number of pyridine rings is 1. The highest BCUT2D eigenvalue weighted by Gasteiger charge is 2.28. The van der Waals surface area contributed by atoms with E-state index in [-0.39, 0.29) is 17.8 Å². The minimum Gasteiger partial charge on any atom is -1.00 e. The van der Waals surface area contributed by atoms with E-state index < -0.39 is 0 Å². The van der Waals surface area contributed by atoms with E-state index in [4.69, 9.17) is 9.72 Å². The largest absolute Gasteiger partial charge is 1.00 e. The Hall–Kier alpha value is -10.1. The lowest BCUT2D eigenvalue weighted by Gasteiger charge is -2.20. The van der Waals surface area contributed by atoms with Crippen molar-refractivity contribution >= 4 is 32.8 Å². The van der Waals surface area contributed by atoms with E-state index in [0.29, 0.717) is 0 Å². The van der Waals surface area contributed by atoms with Gasteiger partial charge in [-0.15, -0.1) is 0 Å². The van der Waals surface area contributed by atoms with Crippen molar-refractivity contribution < 1.29 is 21.7 Å². The van der Waals surface area contributed by atoms with Gasteiger partial charge in [-0.05, 0) is 158 Å². The third-order valence-electron chi connectivity index (χ3n) is 15.6. The van der Waals surface area contributed by atoms with E-state index in [1.54, 1.807) is 0 Å². The molecule has 3 heterocycles. The van der Waals surface area contributed by atoms with Gasteiger partial charge in [-0.2, -0.15) is 9.13 Å². The maximum absolute atomic E-state index is 6.92. The predicted molar refractivity (Wildman–Crippen MR) is 335 cm³/mol. The summed E-state index contributed by atoms with van der Waals surface area (Å²) in [6.07, 6.45) is 4.19. The van der Waals surface area contributed by atoms with Crippen molar-refractivity contribution in [2.45, 2.75) is 26.2 Å². The van der Waals surface area contributed by atoms with Gasteiger partial charge in [0.25, 0.3) is 6.33 Å². The number of rotatable bonds is 11. The molecule has 14 aromatic rings. The topological polar surface area (TPSA) is 35.9 Å². The second-order valence-corrected chi connectivity index (χ2v) is 21.9. The number of aromatic nitrogens is 4. The van der Waals surface area contributed by atoms with Gasteiger partial charge in [-0.25, -0.2) is 4.98 Å². The van der Waals surface area contributed by atoms with Crippen LogP contribution < -0.4 is 21.7 Å². The smallest absolute Gasteiger partial charge is 0.255 e. The van der Waals surface area contributed by atoms with Crippen molar-refractivity contribution in [3.8, 4) is 95.5 Å². The molecule has 0 radical (unpaired) electrons. The molecule has 3 aromatic heterocycles. The van der Waals surface area contributed by atoms with Crippen molar-refractivity contribution in [3.63, 3.8) is 0 Å². The Morgan fingerprint density at radius 1 is 0.378 bits per heavy atom. The average molecular weight is 1080 g/mol. The Kier molecular flexibility index (Phi) is 13.5. The highest BCUT2D eigenvalue weighted by atomic mass is 35.5. The monoisotopic (exact) mass is 1080 g/mol. The van der Waals surface area contributed by atoms with Gasteiger partial charge in [-0.1, -0.05) is 197 Å². The fourth-order valence-corrected chi connectivity index (χ4v) is 11.6. The first-order valence-electron chi connectivity index (χ1n) is 27.7. The van der Waals surface area contributed by atoms with Gasteiger partial charge in [0.15, 0.2) is 11.0 Å². The van der Waals surface area contributed by atoms with E-state index in [1.807, 2.05) is 12.3 Å². The number of hydrogen-bond acceptors (Lipinski definition) is 2. The number of hydrogen-bond donors (Lipinski definition) is 0. The van der Waals surface area contributed by atoms with Gasteiger partial charge in [-0.3, -0.25) is 4.57 Å². The van der Waals surface area contributed by atoms with Gasteiger partial charge in [0.2, 0.25) is 0 Å². The second-order valence-electron chi connectivity index (χ2n) is 21.9. The third kappa shape index (κ3) is 9.72. The first-order chi connectivity index (χ1) is 39.8. The number of ether oxygens (including phenoxy) is 1. The molecule has 5 nitrogen and oxygen atoms in total. The highest BCUT2D eigenvalue weighted by Crippen LogP contribution is 2.43. The molecule has 0 aliphatic heterocycles. The maximum atomic E-state index is 6.92. The van der Waals surface area contributed by atoms with Crippen LogP contribution in [0.25, 0.3) is 117 Å². The Balaban J connectivity index is 0.00000631. The summed E-state index contributed by atoms with van der Waals surface area (Å²) in [5.41, 5.74) is 21.1. The molecule has 0 atom stereocenters. The summed E-state index contributed by atoms with van der Waals surface area (Å²) < 4.78 is 13.9. The molecule has 0 fully saturated rings. The van der Waals surface area contributed by atoms with E-state index >= 15 is 0 Å². The predicted octanol–water partition coefficient (Wildman–Crippen LogP) is 16.5. The summed E-state index contributed by atoms with van der Waals surface area (Å²) in [5.74, 6) is 2.34. The number of fused-ring (bicyclic) bond motifs is 4. The zero-order valence-electron chi connectivity index (χ0n) is 45.8. The Morgan fingerprint density at radius 3 is 1.54 bits per heavy atom. The van der Waals surface area contributed by atoms with E-state index in [0.717, 1.165) is 117 Å². The van der Waals surface area contributed by atoms with Gasteiger partial charge in [0.05, 0.1) is 11.0 Å². The summed E-state index contributed by atoms with van der Waals surface area (Å²) >= 11 is 0. The van der Waals surface area contributed by atoms with Crippen molar-refractivity contribution in [1.29, 1.82) is 0 Å². The van der Waals surface area contributed by atoms with Crippen LogP contribution in [0.2, 0.25) is 0 Å². The van der Waals surface area contributed by atoms with Crippen LogP contribution in [0.5, 0.6) is 11.5 Å². The van der Waals surface area contributed by atoms with Crippen LogP contribution in [0.3, 0.4) is 0 Å². The zero-order chi connectivity index (χ0) is 54.4. The lowest BCUT2D eigenvalue weighted by Crippen LogP contribution is -3.00. The molecule has 82 heavy (non-hydrogen) atoms. The molecule has 14 rings (SSSR count). The molecule has 6 heteroatoms. The maximum Gasteiger partial charge on any atom is 0.255 e. The van der Waals surface area contributed by atoms with Crippen molar-refractivity contribution in [2.75, 3.05) is 0 Å². The molecule has 0 aliphatic rings. The van der Waals surface area contributed by atoms with Crippen LogP contribution in [0, 0.1) is 0 Å². The first kappa shape index (κ1) is 51.4. The first-order valence-corrected chi connectivity index (χ1v) is 27.7. The molecular weight excluding hydrogens is 1020 g/mol. The summed E-state index contributed by atoms with van der Waals surface area (Å²) in [4.78, 5) is 4.93. The quantitative estimate of drug-likeness (QED) is 0.121. The van der Waals surface area contributed by atoms with E-state index in [1.165, 1.54) is 16.5 Å². The second kappa shape index (κ2) is 21.5. The van der Waals surface area contributed by atoms with E-state index in [9.17, 15) is 0 Å². The molecule has 0 N–H and O–H groups in total. The summed E-state index contributed by atoms with van der Waals surface area (Å²) in [6.45, 7) is 6.73. The van der Waals surface area contributed by atoms with Crippen LogP contribution in [0.1, 0.15) is 26.3 Å². The summed E-state index contributed by atoms with van der Waals surface area (Å²) in [7, 11) is 0. The lowest BCUT2D eigenvalue weighted by molar-refractivity contribution is -0.566. The van der Waals surface area contributed by atoms with Crippen LogP contribution in [-0.2, 0) is 5.41 Å². The molecule has 0 aliphatic carbocycles. The lowest BCUT2D eigenvalue weighted by atomic mass is 9.87. The SMILES string of the molecule is CC(C)(C)c1ccnc(-n2c3ccccc3c3ccc(Oc4cccc(-n5c[n+](-c6c(-c7cccc(-c8ccccc8)c7)cc(-c7ccccc7)cc6-c6cc(-c7ccccc7)cc(-c7ccccc7)c6)c6ccccc65)c4)cc32)c1.[Cl-]. The molecule has 0 spiro atoms. The molecule has 0 amide bonds. The molecule has 0 saturated heterocycles. The molecule has 0 saturated carbocycles. The molecule has 0 unspecified atom stereocenters. The minimum absolute atomic E-state index is 0. The van der Waals surface area contributed by atoms with Gasteiger partial charge >= 0.3 is 0 Å². The highest BCUT2D eigenvalue weighted by molar-refractivity contribution is 6.09. The standard InChI is InChI=1S/C76H57N4O.ClH/c1-76(2,3)62-40-41-77-74(48-62)80-70-35-17-16-34-66(70)67-39-38-65(50-73(67)80)81-64-33-21-32-63(49-64)78-51-79(72-37-19-18-36-71(72)78)75-68(57-31-20-30-56(42-57)52-22-8-4-9-23-52)46-60(55-28-14-7-15-29-55)47-69(75)61-44-58(53-24-10-5-11-25-53)43-59(45-61)54-26-12-6-13-27-54;/h4-51H,1-3H3;1H/q+1;/p-1. The third-order valence-corrected chi connectivity index (χ3v) is 15.6. The fraction of sp³-hybridized carbons (Fsp3) is 0.0526. The molecule has 0 bridgehead atoms. The summed E-state index contributed by atoms with van der Waals surface area (Å²) in [6, 6.07) is 100.